The van der Waals surface area contributed by atoms with Crippen molar-refractivity contribution in [3.8, 4) is 0 Å². The van der Waals surface area contributed by atoms with Gasteiger partial charge in [-0.25, -0.2) is 0 Å². The Morgan fingerprint density at radius 3 is 2.56 bits per heavy atom. The molecule has 3 aromatic rings. The maximum Gasteiger partial charge on any atom is 0.257 e. The molecule has 1 fully saturated rings. The number of amides is 2. The van der Waals surface area contributed by atoms with Crippen LogP contribution in [0.2, 0.25) is 5.02 Å². The molecule has 0 spiro atoms. The largest absolute Gasteiger partial charge is 0.360 e. The molecular weight excluding hydrogens is 566 g/mol. The number of nitrogens with one attached hydrogen (secondary N) is 3. The van der Waals surface area contributed by atoms with Gasteiger partial charge in [0.15, 0.2) is 0 Å². The van der Waals surface area contributed by atoms with E-state index in [9.17, 15) is 9.59 Å². The second kappa shape index (κ2) is 10.5. The van der Waals surface area contributed by atoms with E-state index >= 15 is 0 Å². The van der Waals surface area contributed by atoms with E-state index in [1.807, 2.05) is 6.07 Å². The van der Waals surface area contributed by atoms with Crippen LogP contribution in [-0.4, -0.2) is 26.1 Å². The molecule has 0 bridgehead atoms. The van der Waals surface area contributed by atoms with Crippen molar-refractivity contribution in [1.82, 2.24) is 9.97 Å². The van der Waals surface area contributed by atoms with E-state index in [0.29, 0.717) is 27.0 Å². The number of carbonyl (C=O) groups is 2. The maximum absolute atomic E-state index is 13.0. The molecule has 36 heavy (non-hydrogen) atoms. The molecule has 1 aliphatic rings. The van der Waals surface area contributed by atoms with E-state index in [1.165, 1.54) is 12.1 Å². The van der Waals surface area contributed by atoms with Gasteiger partial charge in [-0.3, -0.25) is 14.6 Å². The zero-order valence-electron chi connectivity index (χ0n) is 18.7. The number of anilines is 2. The second-order valence-corrected chi connectivity index (χ2v) is 11.1. The van der Waals surface area contributed by atoms with Crippen LogP contribution >= 0.6 is 58.0 Å². The Labute approximate surface area is 232 Å². The van der Waals surface area contributed by atoms with Crippen molar-refractivity contribution in [2.75, 3.05) is 10.6 Å². The van der Waals surface area contributed by atoms with E-state index < -0.39 is 28.0 Å². The van der Waals surface area contributed by atoms with Crippen LogP contribution in [0.5, 0.6) is 0 Å². The van der Waals surface area contributed by atoms with Gasteiger partial charge in [0.2, 0.25) is 5.91 Å². The predicted molar refractivity (Wildman–Crippen MR) is 148 cm³/mol. The third-order valence-electron chi connectivity index (χ3n) is 5.53. The summed E-state index contributed by atoms with van der Waals surface area (Å²) in [6.07, 6.45) is 6.40. The molecule has 6 nitrogen and oxygen atoms in total. The Morgan fingerprint density at radius 1 is 1.08 bits per heavy atom. The fourth-order valence-corrected chi connectivity index (χ4v) is 5.35. The Bertz CT molecular complexity index is 1440. The third-order valence-corrected chi connectivity index (χ3v) is 7.13. The van der Waals surface area contributed by atoms with E-state index in [4.69, 9.17) is 58.0 Å². The zero-order valence-corrected chi connectivity index (χ0v) is 22.5. The first kappa shape index (κ1) is 26.6. The van der Waals surface area contributed by atoms with Crippen molar-refractivity contribution in [1.29, 1.82) is 0 Å². The Morgan fingerprint density at radius 2 is 1.83 bits per heavy atom. The highest BCUT2D eigenvalue weighted by atomic mass is 35.5. The summed E-state index contributed by atoms with van der Waals surface area (Å²) in [6, 6.07) is 8.13. The summed E-state index contributed by atoms with van der Waals surface area (Å²) in [6.45, 7) is 5.62. The number of halogens is 5. The molecule has 4 rings (SSSR count). The number of nitrogens with zero attached hydrogens (tertiary/aromatic N) is 1. The van der Waals surface area contributed by atoms with Crippen LogP contribution in [0, 0.1) is 11.8 Å². The summed E-state index contributed by atoms with van der Waals surface area (Å²) in [4.78, 5) is 33.2. The number of alkyl halides is 2. The molecule has 2 aromatic heterocycles. The highest BCUT2D eigenvalue weighted by molar-refractivity contribution is 6.53. The number of rotatable bonds is 7. The van der Waals surface area contributed by atoms with Gasteiger partial charge in [0.25, 0.3) is 5.91 Å². The zero-order chi connectivity index (χ0) is 26.2. The molecule has 1 saturated carbocycles. The molecule has 1 aromatic carbocycles. The lowest BCUT2D eigenvalue weighted by atomic mass is 10.1. The monoisotopic (exact) mass is 582 g/mol. The number of benzene rings is 1. The summed E-state index contributed by atoms with van der Waals surface area (Å²) >= 11 is 31.0. The lowest BCUT2D eigenvalue weighted by Gasteiger charge is -2.10. The number of pyridine rings is 1. The van der Waals surface area contributed by atoms with E-state index in [1.54, 1.807) is 43.6 Å². The summed E-state index contributed by atoms with van der Waals surface area (Å²) in [5.41, 5.74) is 3.04. The van der Waals surface area contributed by atoms with Crippen molar-refractivity contribution in [3.05, 3.63) is 87.7 Å². The highest BCUT2D eigenvalue weighted by Gasteiger charge is 2.67. The van der Waals surface area contributed by atoms with Gasteiger partial charge < -0.3 is 15.6 Å². The van der Waals surface area contributed by atoms with Crippen molar-refractivity contribution < 1.29 is 9.59 Å². The van der Waals surface area contributed by atoms with E-state index in [0.717, 1.165) is 11.0 Å². The molecule has 2 unspecified atom stereocenters. The molecule has 2 heterocycles. The standard InChI is InChI=1S/C25H19Cl5N4O2/c1-12(7-14(27)8-13(2)26)21-22(25(21,29)30)24(36)33-15-3-4-18(28)17(9-15)23(35)34-16-10-20-19(32-11-16)5-6-31-20/h3-11,21-22,31H,1H2,2H3,(H,33,36)(H,34,35)/b13-8+,14-7+. The maximum atomic E-state index is 13.0. The first-order valence-corrected chi connectivity index (χ1v) is 12.5. The fourth-order valence-electron chi connectivity index (χ4n) is 3.81. The average molecular weight is 585 g/mol. The number of fused-ring (bicyclic) bond motifs is 1. The van der Waals surface area contributed by atoms with Gasteiger partial charge in [-0.1, -0.05) is 41.4 Å². The first-order chi connectivity index (χ1) is 17.0. The van der Waals surface area contributed by atoms with Crippen LogP contribution in [0.3, 0.4) is 0 Å². The number of H-pyrrole nitrogens is 1. The molecule has 0 saturated heterocycles. The van der Waals surface area contributed by atoms with Crippen LogP contribution in [-0.2, 0) is 4.79 Å². The minimum Gasteiger partial charge on any atom is -0.360 e. The smallest absolute Gasteiger partial charge is 0.257 e. The van der Waals surface area contributed by atoms with Crippen LogP contribution < -0.4 is 10.6 Å². The van der Waals surface area contributed by atoms with Crippen molar-refractivity contribution >= 4 is 92.2 Å². The molecule has 3 N–H and O–H groups in total. The summed E-state index contributed by atoms with van der Waals surface area (Å²) in [7, 11) is 0. The molecular formula is C25H19Cl5N4O2. The number of carbonyl (C=O) groups excluding carboxylic acids is 2. The summed E-state index contributed by atoms with van der Waals surface area (Å²) < 4.78 is -1.36. The molecule has 2 atom stereocenters. The van der Waals surface area contributed by atoms with Gasteiger partial charge in [0.05, 0.1) is 39.4 Å². The molecule has 0 radical (unpaired) electrons. The number of aromatic nitrogens is 2. The van der Waals surface area contributed by atoms with Gasteiger partial charge >= 0.3 is 0 Å². The van der Waals surface area contributed by atoms with E-state index in [-0.39, 0.29) is 10.6 Å². The highest BCUT2D eigenvalue weighted by Crippen LogP contribution is 2.62. The Kier molecular flexibility index (Phi) is 7.74. The van der Waals surface area contributed by atoms with Crippen LogP contribution in [0.15, 0.2) is 77.1 Å². The lowest BCUT2D eigenvalue weighted by Crippen LogP contribution is -2.18. The topological polar surface area (TPSA) is 86.9 Å². The molecule has 1 aliphatic carbocycles. The van der Waals surface area contributed by atoms with Gasteiger partial charge in [-0.15, -0.1) is 23.2 Å². The molecule has 11 heteroatoms. The lowest BCUT2D eigenvalue weighted by molar-refractivity contribution is -0.117. The Hall–Kier alpha value is -2.48. The molecule has 2 amide bonds. The summed E-state index contributed by atoms with van der Waals surface area (Å²) in [5, 5.41) is 6.54. The SMILES string of the molecule is C=C(/C=C(Cl)\C=C(/C)Cl)C1C(C(=O)Nc2ccc(Cl)c(C(=O)Nc3cnc4cc[nH]c4c3)c2)C1(Cl)Cl. The quantitative estimate of drug-likeness (QED) is 0.197. The van der Waals surface area contributed by atoms with Crippen LogP contribution in [0.4, 0.5) is 11.4 Å². The van der Waals surface area contributed by atoms with Gasteiger partial charge in [-0.05, 0) is 55.0 Å². The molecule has 186 valence electrons. The van der Waals surface area contributed by atoms with Crippen molar-refractivity contribution in [2.24, 2.45) is 11.8 Å². The van der Waals surface area contributed by atoms with Gasteiger partial charge in [-0.2, -0.15) is 0 Å². The molecule has 0 aliphatic heterocycles. The average Bonchev–Trinajstić information content (AvgIpc) is 3.11. The first-order valence-electron chi connectivity index (χ1n) is 10.6. The summed E-state index contributed by atoms with van der Waals surface area (Å²) in [5.74, 6) is -2.23. The Balaban J connectivity index is 1.47. The number of hydrogen-bond acceptors (Lipinski definition) is 3. The van der Waals surface area contributed by atoms with Gasteiger partial charge in [0.1, 0.15) is 4.33 Å². The third kappa shape index (κ3) is 5.74. The predicted octanol–water partition coefficient (Wildman–Crippen LogP) is 7.65. The minimum absolute atomic E-state index is 0.166. The van der Waals surface area contributed by atoms with E-state index in [2.05, 4.69) is 27.2 Å². The number of hydrogen-bond donors (Lipinski definition) is 3. The van der Waals surface area contributed by atoms with Crippen molar-refractivity contribution in [3.63, 3.8) is 0 Å². The second-order valence-electron chi connectivity index (χ2n) is 8.24. The van der Waals surface area contributed by atoms with Gasteiger partial charge in [0, 0.05) is 27.9 Å². The number of aromatic amines is 1. The fraction of sp³-hybridized carbons (Fsp3) is 0.160. The normalized spacial score (nSPS) is 19.2. The number of allylic oxidation sites excluding steroid dienone is 5. The van der Waals surface area contributed by atoms with Crippen LogP contribution in [0.1, 0.15) is 17.3 Å². The minimum atomic E-state index is -1.36. The van der Waals surface area contributed by atoms with Crippen LogP contribution in [0.25, 0.3) is 11.0 Å². The van der Waals surface area contributed by atoms with Crippen molar-refractivity contribution in [2.45, 2.75) is 11.3 Å².